The van der Waals surface area contributed by atoms with E-state index in [0.29, 0.717) is 17.2 Å². The molecule has 2 nitrogen and oxygen atoms in total. The lowest BCUT2D eigenvalue weighted by atomic mass is 10.1. The summed E-state index contributed by atoms with van der Waals surface area (Å²) in [5.41, 5.74) is 1.92. The number of ether oxygens (including phenoxy) is 1. The Hall–Kier alpha value is -1.31. The largest absolute Gasteiger partial charge is 0.496 e. The number of carbonyl (C=O) groups is 1. The lowest BCUT2D eigenvalue weighted by Crippen LogP contribution is -1.92. The van der Waals surface area contributed by atoms with Crippen molar-refractivity contribution in [3.63, 3.8) is 0 Å². The van der Waals surface area contributed by atoms with Crippen LogP contribution in [0.3, 0.4) is 0 Å². The van der Waals surface area contributed by atoms with Crippen molar-refractivity contribution in [3.05, 3.63) is 29.3 Å². The predicted molar refractivity (Wildman–Crippen MR) is 54.9 cm³/mol. The van der Waals surface area contributed by atoms with Gasteiger partial charge in [-0.05, 0) is 36.0 Å². The normalized spacial score (nSPS) is 24.4. The summed E-state index contributed by atoms with van der Waals surface area (Å²) in [7, 11) is 1.59. The monoisotopic (exact) mass is 190 g/mol. The second-order valence-corrected chi connectivity index (χ2v) is 3.94. The molecule has 0 spiro atoms. The van der Waals surface area contributed by atoms with Gasteiger partial charge in [0.25, 0.3) is 0 Å². The first kappa shape index (κ1) is 9.25. The fraction of sp³-hybridized carbons (Fsp3) is 0.417. The van der Waals surface area contributed by atoms with Gasteiger partial charge in [0.15, 0.2) is 6.29 Å². The van der Waals surface area contributed by atoms with Gasteiger partial charge in [-0.1, -0.05) is 13.0 Å². The Morgan fingerprint density at radius 3 is 2.71 bits per heavy atom. The van der Waals surface area contributed by atoms with Gasteiger partial charge in [-0.25, -0.2) is 0 Å². The highest BCUT2D eigenvalue weighted by Crippen LogP contribution is 2.47. The molecule has 0 amide bonds. The van der Waals surface area contributed by atoms with Gasteiger partial charge < -0.3 is 4.74 Å². The van der Waals surface area contributed by atoms with Gasteiger partial charge in [0.1, 0.15) is 5.75 Å². The zero-order chi connectivity index (χ0) is 10.1. The van der Waals surface area contributed by atoms with Crippen molar-refractivity contribution in [1.82, 2.24) is 0 Å². The van der Waals surface area contributed by atoms with Gasteiger partial charge in [0.05, 0.1) is 12.7 Å². The molecule has 0 unspecified atom stereocenters. The molecule has 0 aliphatic heterocycles. The topological polar surface area (TPSA) is 26.3 Å². The van der Waals surface area contributed by atoms with Gasteiger partial charge in [-0.2, -0.15) is 0 Å². The van der Waals surface area contributed by atoms with Crippen molar-refractivity contribution in [2.45, 2.75) is 19.3 Å². The molecule has 1 fully saturated rings. The van der Waals surface area contributed by atoms with E-state index in [4.69, 9.17) is 4.74 Å². The Bertz CT molecular complexity index is 357. The third kappa shape index (κ3) is 1.52. The van der Waals surface area contributed by atoms with Crippen molar-refractivity contribution < 1.29 is 9.53 Å². The second kappa shape index (κ2) is 3.45. The van der Waals surface area contributed by atoms with Gasteiger partial charge >= 0.3 is 0 Å². The summed E-state index contributed by atoms with van der Waals surface area (Å²) in [6, 6.07) is 5.88. The minimum Gasteiger partial charge on any atom is -0.496 e. The number of rotatable bonds is 3. The summed E-state index contributed by atoms with van der Waals surface area (Å²) in [5.74, 6) is 2.08. The average Bonchev–Trinajstić information content (AvgIpc) is 2.94. The third-order valence-electron chi connectivity index (χ3n) is 2.92. The maximum Gasteiger partial charge on any atom is 0.153 e. The number of hydrogen-bond acceptors (Lipinski definition) is 2. The van der Waals surface area contributed by atoms with Crippen LogP contribution in [0.25, 0.3) is 0 Å². The molecule has 1 saturated carbocycles. The number of benzene rings is 1. The summed E-state index contributed by atoms with van der Waals surface area (Å²) in [6.07, 6.45) is 2.10. The van der Waals surface area contributed by atoms with Crippen LogP contribution < -0.4 is 4.74 Å². The SMILES string of the molecule is COc1ccc([C@H]2C[C@@H]2C)cc1C=O. The van der Waals surface area contributed by atoms with Crippen LogP contribution >= 0.6 is 0 Å². The fourth-order valence-electron chi connectivity index (χ4n) is 1.86. The van der Waals surface area contributed by atoms with Gasteiger partial charge in [-0.3, -0.25) is 4.79 Å². The van der Waals surface area contributed by atoms with E-state index in [0.717, 1.165) is 12.2 Å². The van der Waals surface area contributed by atoms with Crippen LogP contribution in [-0.4, -0.2) is 13.4 Å². The molecule has 2 rings (SSSR count). The van der Waals surface area contributed by atoms with Crippen molar-refractivity contribution in [3.8, 4) is 5.75 Å². The predicted octanol–water partition coefficient (Wildman–Crippen LogP) is 2.63. The van der Waals surface area contributed by atoms with E-state index >= 15 is 0 Å². The summed E-state index contributed by atoms with van der Waals surface area (Å²) in [4.78, 5) is 10.8. The molecule has 14 heavy (non-hydrogen) atoms. The highest BCUT2D eigenvalue weighted by Gasteiger charge is 2.34. The second-order valence-electron chi connectivity index (χ2n) is 3.94. The van der Waals surface area contributed by atoms with Crippen LogP contribution in [0.1, 0.15) is 35.2 Å². The van der Waals surface area contributed by atoms with E-state index in [2.05, 4.69) is 13.0 Å². The van der Waals surface area contributed by atoms with E-state index in [1.807, 2.05) is 12.1 Å². The smallest absolute Gasteiger partial charge is 0.153 e. The van der Waals surface area contributed by atoms with Crippen LogP contribution in [0.4, 0.5) is 0 Å². The lowest BCUT2D eigenvalue weighted by Gasteiger charge is -2.05. The molecule has 0 heterocycles. The van der Waals surface area contributed by atoms with E-state index in [9.17, 15) is 4.79 Å². The minimum absolute atomic E-state index is 0.652. The summed E-state index contributed by atoms with van der Waals surface area (Å²) >= 11 is 0. The third-order valence-corrected chi connectivity index (χ3v) is 2.92. The molecular weight excluding hydrogens is 176 g/mol. The first-order valence-electron chi connectivity index (χ1n) is 4.89. The molecule has 0 radical (unpaired) electrons. The van der Waals surface area contributed by atoms with E-state index in [-0.39, 0.29) is 0 Å². The van der Waals surface area contributed by atoms with Gasteiger partial charge in [0.2, 0.25) is 0 Å². The van der Waals surface area contributed by atoms with Gasteiger partial charge in [0, 0.05) is 0 Å². The highest BCUT2D eigenvalue weighted by atomic mass is 16.5. The summed E-state index contributed by atoms with van der Waals surface area (Å²) in [6.45, 7) is 2.23. The quantitative estimate of drug-likeness (QED) is 0.685. The summed E-state index contributed by atoms with van der Waals surface area (Å²) in [5, 5.41) is 0. The molecule has 1 aliphatic rings. The molecule has 2 heteroatoms. The number of hydrogen-bond donors (Lipinski definition) is 0. The molecule has 0 aromatic heterocycles. The van der Waals surface area contributed by atoms with Crippen LogP contribution in [0.2, 0.25) is 0 Å². The standard InChI is InChI=1S/C12H14O2/c1-8-5-11(8)9-3-4-12(14-2)10(6-9)7-13/h3-4,6-8,11H,5H2,1-2H3/t8-,11-/m0/s1. The zero-order valence-corrected chi connectivity index (χ0v) is 8.49. The van der Waals surface area contributed by atoms with E-state index in [1.165, 1.54) is 12.0 Å². The van der Waals surface area contributed by atoms with Crippen molar-refractivity contribution in [2.24, 2.45) is 5.92 Å². The Labute approximate surface area is 83.9 Å². The maximum atomic E-state index is 10.8. The molecule has 74 valence electrons. The molecule has 0 saturated heterocycles. The molecule has 0 bridgehead atoms. The van der Waals surface area contributed by atoms with Crippen LogP contribution in [0.15, 0.2) is 18.2 Å². The minimum atomic E-state index is 0.652. The Balaban J connectivity index is 2.32. The van der Waals surface area contributed by atoms with E-state index in [1.54, 1.807) is 7.11 Å². The van der Waals surface area contributed by atoms with Crippen molar-refractivity contribution in [1.29, 1.82) is 0 Å². The van der Waals surface area contributed by atoms with Crippen LogP contribution in [0.5, 0.6) is 5.75 Å². The Morgan fingerprint density at radius 2 is 2.21 bits per heavy atom. The first-order valence-corrected chi connectivity index (χ1v) is 4.89. The Kier molecular flexibility index (Phi) is 2.28. The number of aldehydes is 1. The number of carbonyl (C=O) groups excluding carboxylic acids is 1. The lowest BCUT2D eigenvalue weighted by molar-refractivity contribution is 0.112. The molecule has 1 aromatic carbocycles. The van der Waals surface area contributed by atoms with E-state index < -0.39 is 0 Å². The molecule has 2 atom stereocenters. The molecule has 1 aromatic rings. The Morgan fingerprint density at radius 1 is 1.50 bits per heavy atom. The zero-order valence-electron chi connectivity index (χ0n) is 8.49. The molecular formula is C12H14O2. The van der Waals surface area contributed by atoms with Gasteiger partial charge in [-0.15, -0.1) is 0 Å². The number of methoxy groups -OCH3 is 1. The average molecular weight is 190 g/mol. The van der Waals surface area contributed by atoms with Crippen molar-refractivity contribution in [2.75, 3.05) is 7.11 Å². The first-order chi connectivity index (χ1) is 6.76. The molecule has 0 N–H and O–H groups in total. The highest BCUT2D eigenvalue weighted by molar-refractivity contribution is 5.79. The van der Waals surface area contributed by atoms with Crippen molar-refractivity contribution >= 4 is 6.29 Å². The maximum absolute atomic E-state index is 10.8. The molecule has 1 aliphatic carbocycles. The fourth-order valence-corrected chi connectivity index (χ4v) is 1.86. The van der Waals surface area contributed by atoms with Crippen LogP contribution in [0, 0.1) is 5.92 Å². The van der Waals surface area contributed by atoms with Crippen LogP contribution in [-0.2, 0) is 0 Å². The summed E-state index contributed by atoms with van der Waals surface area (Å²) < 4.78 is 5.09.